The lowest BCUT2D eigenvalue weighted by molar-refractivity contribution is -0.140. The number of halogens is 2. The van der Waals surface area contributed by atoms with E-state index in [1.165, 1.54) is 0 Å². The molecule has 19 N–H and O–H groups in total. The maximum atomic E-state index is 12.3. The molecule has 4 aromatic heterocycles. The Hall–Kier alpha value is -6.29. The van der Waals surface area contributed by atoms with E-state index in [-0.39, 0.29) is 28.7 Å². The number of carbonyl (C=O) groups excluding carboxylic acids is 4. The SMILES string of the molecule is COC(=O)Cc1cn([C@@H]2O[C@H](CO)[C@H](O)C2O)c(=O)[nH]c1=O.COC(=O)Cc1cn([C@@H]2O[C@H](COP(=O)(Cl)Cl)[C@H](O)C2O)c(=O)[nH]c1=O.COC(=O)Cc1cn([C@@H]2O[C@H](COP(=O)(O)OP(=O)(O)OP(=O)(O)O)[C@H](O)C2O)c(=O)[nH]c1=O.COC(=O)Cc1cn([C@@H]2O[C@H](COP3(=O)OP(=O)(O)OP(=O)(O)O3)[C@H](O)C2O)c(=O)[nH]c1=O. The second-order valence-corrected chi connectivity index (χ2v) is 36.9. The number of phosphoric ester groups is 1. The standard InChI is InChI=1S/C12H15Cl2N2O9P.C12H19N2O17P3.C12H17N2O16P3.C12H16N2O8/c1-23-7(17)2-5-3-16(12(21)15-10(5)20)11-9(19)8(18)6(25-11)4-24-26(13,14)22;1-27-7(15)2-5-3-14(12(19)13-10(5)18)11-9(17)8(16)6(29-11)4-28-33(23,24)31-34(25,26)30-32(20,21)22;1-25-7(15)2-5-3-14(12(19)13-10(5)18)11-9(17)8(16)6(27-11)4-26-33(24)29-31(20,21)28-32(22,23)30-33;1-21-7(16)2-5-3-14(12(20)13-10(5)19)11-9(18)8(17)6(4-15)22-11/h3,6,8-9,11,18-19H,2,4H2,1H3,(H,15,20,21);3,6,8-9,11,16-17H,2,4H2,1H3,(H,23,24)(H,25,26)(H,13,18,19)(H2,20,21,22);3,6,8-9,11,16-17H,2,4H2,1H3,(H,20,21)(H,22,23)(H,13,18,19);3,6,8-9,11,15,17-18H,2,4H2,1H3,(H,13,19,20)/t4*6-,8+,9?,11-/m1111/s1. The second kappa shape index (κ2) is 39.7. The summed E-state index contributed by atoms with van der Waals surface area (Å²) in [7, 11) is -28.3. The van der Waals surface area contributed by atoms with E-state index in [0.717, 1.165) is 62.4 Å². The number of aliphatic hydroxyl groups excluding tert-OH is 9. The van der Waals surface area contributed by atoms with Crippen LogP contribution in [-0.2, 0) is 150 Å². The number of nitrogens with one attached hydrogen (secondary N) is 4. The number of hydrogen-bond donors (Lipinski definition) is 19. The summed E-state index contributed by atoms with van der Waals surface area (Å²) < 4.78 is 154. The number of nitrogens with zero attached hydrogens (tertiary/aromatic N) is 4. The van der Waals surface area contributed by atoms with Crippen LogP contribution in [0, 0.1) is 0 Å². The molecular formula is C48H67Cl2N8O50P7. The summed E-state index contributed by atoms with van der Waals surface area (Å²) in [5.41, 5.74) is -8.15. The van der Waals surface area contributed by atoms with E-state index < -0.39 is 266 Å². The lowest BCUT2D eigenvalue weighted by Gasteiger charge is -2.27. The van der Waals surface area contributed by atoms with Crippen molar-refractivity contribution in [1.82, 2.24) is 38.2 Å². The predicted molar refractivity (Wildman–Crippen MR) is 360 cm³/mol. The first-order valence-electron chi connectivity index (χ1n) is 30.8. The van der Waals surface area contributed by atoms with Crippen LogP contribution in [-0.4, -0.2) is 266 Å². The molecule has 0 radical (unpaired) electrons. The van der Waals surface area contributed by atoms with Crippen LogP contribution < -0.4 is 45.0 Å². The van der Waals surface area contributed by atoms with Crippen molar-refractivity contribution in [3.8, 4) is 0 Å². The van der Waals surface area contributed by atoms with E-state index >= 15 is 0 Å². The lowest BCUT2D eigenvalue weighted by Crippen LogP contribution is -2.39. The van der Waals surface area contributed by atoms with Crippen molar-refractivity contribution in [3.05, 3.63) is 130 Å². The highest BCUT2D eigenvalue weighted by atomic mass is 35.9. The number of aromatic nitrogens is 8. The van der Waals surface area contributed by atoms with Crippen LogP contribution >= 0.6 is 75.5 Å². The molecule has 5 aliphatic rings. The fourth-order valence-electron chi connectivity index (χ4n) is 9.95. The molecule has 20 atom stereocenters. The zero-order chi connectivity index (χ0) is 86.9. The summed E-state index contributed by atoms with van der Waals surface area (Å²) >= 11 is 10.5. The average molecular weight is 1840 g/mol. The summed E-state index contributed by atoms with van der Waals surface area (Å²) in [5.74, 6) is -3.05. The highest BCUT2D eigenvalue weighted by molar-refractivity contribution is 8.05. The van der Waals surface area contributed by atoms with Crippen molar-refractivity contribution in [3.63, 3.8) is 0 Å². The molecule has 67 heteroatoms. The minimum Gasteiger partial charge on any atom is -0.469 e. The summed E-state index contributed by atoms with van der Waals surface area (Å²) in [6, 6.07) is 0. The molecule has 58 nitrogen and oxygen atoms in total. The third-order valence-electron chi connectivity index (χ3n) is 15.3. The number of rotatable bonds is 26. The van der Waals surface area contributed by atoms with Gasteiger partial charge in [0.2, 0.25) is 0 Å². The third kappa shape index (κ3) is 26.9. The van der Waals surface area contributed by atoms with Gasteiger partial charge >= 0.3 is 99.6 Å². The zero-order valence-electron chi connectivity index (χ0n) is 57.9. The molecule has 5 aliphatic heterocycles. The first-order chi connectivity index (χ1) is 53.0. The second-order valence-electron chi connectivity index (χ2n) is 23.2. The van der Waals surface area contributed by atoms with E-state index in [2.05, 4.69) is 54.1 Å². The van der Waals surface area contributed by atoms with Gasteiger partial charge in [-0.1, -0.05) is 0 Å². The molecule has 0 bridgehead atoms. The topological polar surface area (TPSA) is 858 Å². The molecule has 5 fully saturated rings. The van der Waals surface area contributed by atoms with E-state index in [0.29, 0.717) is 9.13 Å². The lowest BCUT2D eigenvalue weighted by atomic mass is 10.1. The molecule has 648 valence electrons. The average Bonchev–Trinajstić information content (AvgIpc) is 1.71. The van der Waals surface area contributed by atoms with Gasteiger partial charge in [0.25, 0.3) is 22.2 Å². The third-order valence-corrected chi connectivity index (χ3v) is 25.5. The van der Waals surface area contributed by atoms with Crippen LogP contribution in [0.2, 0.25) is 0 Å². The Morgan fingerprint density at radius 3 is 0.957 bits per heavy atom. The van der Waals surface area contributed by atoms with Crippen LogP contribution in [0.25, 0.3) is 0 Å². The highest BCUT2D eigenvalue weighted by Crippen LogP contribution is 2.80. The van der Waals surface area contributed by atoms with E-state index in [4.69, 9.17) is 61.2 Å². The van der Waals surface area contributed by atoms with Gasteiger partial charge < -0.3 is 118 Å². The Bertz CT molecular complexity index is 5060. The van der Waals surface area contributed by atoms with Crippen molar-refractivity contribution in [1.29, 1.82) is 0 Å². The van der Waals surface area contributed by atoms with Crippen LogP contribution in [0.3, 0.4) is 0 Å². The van der Waals surface area contributed by atoms with Crippen LogP contribution in [0.1, 0.15) is 47.2 Å². The van der Waals surface area contributed by atoms with Gasteiger partial charge in [-0.05, 0) is 22.5 Å². The fourth-order valence-corrected chi connectivity index (χ4v) is 18.6. The summed E-state index contributed by atoms with van der Waals surface area (Å²) in [6.07, 6.45) is -27.0. The number of esters is 4. The number of phosphoric acid groups is 6. The first-order valence-corrected chi connectivity index (χ1v) is 43.2. The van der Waals surface area contributed by atoms with Gasteiger partial charge in [0.1, 0.15) is 73.2 Å². The normalized spacial score (nSPS) is 30.2. The zero-order valence-corrected chi connectivity index (χ0v) is 65.6. The number of aliphatic hydroxyl groups is 9. The van der Waals surface area contributed by atoms with Crippen LogP contribution in [0.15, 0.2) is 63.1 Å². The molecule has 9 rings (SSSR count). The van der Waals surface area contributed by atoms with Gasteiger partial charge in [-0.15, -0.1) is 0 Å². The summed E-state index contributed by atoms with van der Waals surface area (Å²) in [6.45, 7) is -3.20. The fraction of sp³-hybridized carbons (Fsp3) is 0.583. The molecule has 0 aliphatic carbocycles. The minimum absolute atomic E-state index is 0.0656. The summed E-state index contributed by atoms with van der Waals surface area (Å²) in [4.78, 5) is 202. The van der Waals surface area contributed by atoms with E-state index in [1.54, 1.807) is 0 Å². The maximum absolute atomic E-state index is 12.3. The molecular weight excluding hydrogens is 1780 g/mol. The largest absolute Gasteiger partial charge is 0.492 e. The minimum atomic E-state index is -5.79. The summed E-state index contributed by atoms with van der Waals surface area (Å²) in [5, 5.41) is 89.5. The molecule has 4 aromatic rings. The first kappa shape index (κ1) is 97.5. The number of methoxy groups -OCH3 is 4. The Labute approximate surface area is 643 Å². The van der Waals surface area contributed by atoms with Crippen molar-refractivity contribution in [2.45, 2.75) is 124 Å². The number of carbonyl (C=O) groups is 4. The molecule has 0 saturated carbocycles. The maximum Gasteiger partial charge on any atom is 0.492 e. The predicted octanol–water partition coefficient (Wildman–Crippen LogP) is -8.19. The number of H-pyrrole nitrogens is 4. The van der Waals surface area contributed by atoms with Crippen molar-refractivity contribution in [2.75, 3.05) is 54.9 Å². The monoisotopic (exact) mass is 1840 g/mol. The smallest absolute Gasteiger partial charge is 0.469 e. The molecule has 9 heterocycles. The Balaban J connectivity index is 0.000000242. The van der Waals surface area contributed by atoms with Gasteiger partial charge in [0.05, 0.1) is 80.6 Å². The van der Waals surface area contributed by atoms with Gasteiger partial charge in [-0.3, -0.25) is 90.2 Å². The Kier molecular flexibility index (Phi) is 33.7. The van der Waals surface area contributed by atoms with Gasteiger partial charge in [0, 0.05) is 47.0 Å². The molecule has 0 amide bonds. The van der Waals surface area contributed by atoms with Gasteiger partial charge in [-0.25, -0.2) is 46.6 Å². The molecule has 115 heavy (non-hydrogen) atoms. The Morgan fingerprint density at radius 2 is 0.696 bits per heavy atom. The van der Waals surface area contributed by atoms with Gasteiger partial charge in [-0.2, -0.15) is 21.6 Å². The van der Waals surface area contributed by atoms with Crippen molar-refractivity contribution in [2.24, 2.45) is 0 Å². The van der Waals surface area contributed by atoms with Crippen molar-refractivity contribution >= 4 is 99.4 Å². The van der Waals surface area contributed by atoms with Crippen molar-refractivity contribution < 1.29 is 199 Å². The molecule has 8 unspecified atom stereocenters. The molecule has 5 saturated heterocycles. The number of hydrogen-bond acceptors (Lipinski definition) is 44. The molecule has 0 spiro atoms. The van der Waals surface area contributed by atoms with E-state index in [9.17, 15) is 145 Å². The number of ether oxygens (including phenoxy) is 8. The van der Waals surface area contributed by atoms with E-state index in [1.807, 2.05) is 19.9 Å². The Morgan fingerprint density at radius 1 is 0.426 bits per heavy atom. The number of aromatic amines is 4. The van der Waals surface area contributed by atoms with Gasteiger partial charge in [0.15, 0.2) is 24.9 Å². The van der Waals surface area contributed by atoms with Crippen LogP contribution in [0.4, 0.5) is 0 Å². The van der Waals surface area contributed by atoms with Crippen LogP contribution in [0.5, 0.6) is 0 Å². The molecule has 0 aromatic carbocycles. The highest BCUT2D eigenvalue weighted by Gasteiger charge is 2.56. The quantitative estimate of drug-likeness (QED) is 0.0158.